The topological polar surface area (TPSA) is 92.4 Å². The fourth-order valence-corrected chi connectivity index (χ4v) is 3.07. The van der Waals surface area contributed by atoms with Crippen molar-refractivity contribution in [3.63, 3.8) is 0 Å². The molecular formula is C20H19Cl2N3O4. The van der Waals surface area contributed by atoms with Crippen LogP contribution in [0.4, 0.5) is 0 Å². The van der Waals surface area contributed by atoms with Crippen molar-refractivity contribution >= 4 is 45.9 Å². The highest BCUT2D eigenvalue weighted by atomic mass is 35.5. The van der Waals surface area contributed by atoms with E-state index in [9.17, 15) is 9.59 Å². The van der Waals surface area contributed by atoms with E-state index in [0.717, 1.165) is 0 Å². The van der Waals surface area contributed by atoms with Crippen LogP contribution < -0.4 is 20.3 Å². The number of amides is 2. The summed E-state index contributed by atoms with van der Waals surface area (Å²) in [5.74, 6) is 0.0881. The highest BCUT2D eigenvalue weighted by Crippen LogP contribution is 2.29. The van der Waals surface area contributed by atoms with Crippen molar-refractivity contribution in [2.75, 3.05) is 6.61 Å². The Kier molecular flexibility index (Phi) is 6.51. The number of ether oxygens (including phenoxy) is 2. The lowest BCUT2D eigenvalue weighted by Gasteiger charge is -2.15. The van der Waals surface area contributed by atoms with Crippen LogP contribution in [0.5, 0.6) is 11.5 Å². The summed E-state index contributed by atoms with van der Waals surface area (Å²) in [7, 11) is 0. The van der Waals surface area contributed by atoms with Gasteiger partial charge >= 0.3 is 0 Å². The van der Waals surface area contributed by atoms with Gasteiger partial charge in [-0.25, -0.2) is 0 Å². The number of nitrogens with one attached hydrogen (secondary N) is 3. The monoisotopic (exact) mass is 435 g/mol. The van der Waals surface area contributed by atoms with Gasteiger partial charge in [-0.05, 0) is 56.3 Å². The van der Waals surface area contributed by atoms with Gasteiger partial charge in [-0.15, -0.1) is 0 Å². The molecule has 2 amide bonds. The summed E-state index contributed by atoms with van der Waals surface area (Å²) >= 11 is 12.2. The van der Waals surface area contributed by atoms with E-state index in [0.29, 0.717) is 34.0 Å². The maximum atomic E-state index is 12.4. The van der Waals surface area contributed by atoms with Crippen LogP contribution in [-0.2, 0) is 4.79 Å². The number of carbonyl (C=O) groups excluding carboxylic acids is 2. The molecule has 0 aliphatic heterocycles. The van der Waals surface area contributed by atoms with Crippen molar-refractivity contribution in [3.8, 4) is 11.5 Å². The number of hydrogen-bond acceptors (Lipinski definition) is 4. The molecule has 0 aliphatic carbocycles. The van der Waals surface area contributed by atoms with E-state index >= 15 is 0 Å². The molecular weight excluding hydrogens is 417 g/mol. The molecule has 0 fully saturated rings. The fourth-order valence-electron chi connectivity index (χ4n) is 2.61. The molecule has 1 heterocycles. The third-order valence-electron chi connectivity index (χ3n) is 4.04. The zero-order chi connectivity index (χ0) is 21.0. The van der Waals surface area contributed by atoms with E-state index in [4.69, 9.17) is 32.7 Å². The predicted molar refractivity (Wildman–Crippen MR) is 112 cm³/mol. The number of carbonyl (C=O) groups is 2. The maximum Gasteiger partial charge on any atom is 0.287 e. The lowest BCUT2D eigenvalue weighted by atomic mass is 10.2. The number of benzene rings is 2. The number of hydrazine groups is 1. The third-order valence-corrected chi connectivity index (χ3v) is 4.67. The molecule has 0 saturated heterocycles. The summed E-state index contributed by atoms with van der Waals surface area (Å²) in [6.45, 7) is 4.02. The van der Waals surface area contributed by atoms with Crippen LogP contribution in [0.25, 0.3) is 10.9 Å². The molecule has 29 heavy (non-hydrogen) atoms. The van der Waals surface area contributed by atoms with E-state index in [1.807, 2.05) is 6.92 Å². The predicted octanol–water partition coefficient (Wildman–Crippen LogP) is 4.10. The molecule has 2 aromatic carbocycles. The van der Waals surface area contributed by atoms with Crippen molar-refractivity contribution in [2.45, 2.75) is 20.0 Å². The summed E-state index contributed by atoms with van der Waals surface area (Å²) in [5, 5.41) is 1.33. The standard InChI is InChI=1S/C20H19Cl2N3O4/c1-3-28-13-5-7-14(8-6-13)29-11(2)19(26)24-25-20(27)18-17(22)15-10-12(21)4-9-16(15)23-18/h4-11,23H,3H2,1-2H3,(H,24,26)(H,25,27). The summed E-state index contributed by atoms with van der Waals surface area (Å²) in [4.78, 5) is 27.5. The molecule has 1 unspecified atom stereocenters. The molecule has 7 nitrogen and oxygen atoms in total. The highest BCUT2D eigenvalue weighted by molar-refractivity contribution is 6.39. The van der Waals surface area contributed by atoms with Crippen LogP contribution in [-0.4, -0.2) is 29.5 Å². The van der Waals surface area contributed by atoms with Crippen molar-refractivity contribution in [1.29, 1.82) is 0 Å². The summed E-state index contributed by atoms with van der Waals surface area (Å²) in [6, 6.07) is 11.9. The van der Waals surface area contributed by atoms with Gasteiger partial charge < -0.3 is 14.5 Å². The van der Waals surface area contributed by atoms with Gasteiger partial charge in [-0.3, -0.25) is 20.4 Å². The maximum absolute atomic E-state index is 12.4. The lowest BCUT2D eigenvalue weighted by Crippen LogP contribution is -2.47. The first kappa shape index (κ1) is 20.8. The second-order valence-corrected chi connectivity index (χ2v) is 6.93. The van der Waals surface area contributed by atoms with Gasteiger partial charge in [0.2, 0.25) is 0 Å². The molecule has 0 spiro atoms. The Morgan fingerprint density at radius 3 is 2.45 bits per heavy atom. The lowest BCUT2D eigenvalue weighted by molar-refractivity contribution is -0.128. The summed E-state index contributed by atoms with van der Waals surface area (Å²) in [5.41, 5.74) is 5.41. The second kappa shape index (κ2) is 9.07. The SMILES string of the molecule is CCOc1ccc(OC(C)C(=O)NNC(=O)c2[nH]c3ccc(Cl)cc3c2Cl)cc1. The highest BCUT2D eigenvalue weighted by Gasteiger charge is 2.19. The normalized spacial score (nSPS) is 11.7. The first-order chi connectivity index (χ1) is 13.9. The molecule has 0 bridgehead atoms. The first-order valence-corrected chi connectivity index (χ1v) is 9.61. The molecule has 1 atom stereocenters. The quantitative estimate of drug-likeness (QED) is 0.508. The number of halogens is 2. The minimum absolute atomic E-state index is 0.115. The Morgan fingerprint density at radius 1 is 1.07 bits per heavy atom. The van der Waals surface area contributed by atoms with Gasteiger partial charge in [-0.2, -0.15) is 0 Å². The Labute approximate surface area is 177 Å². The number of hydrogen-bond donors (Lipinski definition) is 3. The molecule has 9 heteroatoms. The van der Waals surface area contributed by atoms with Crippen molar-refractivity contribution in [3.05, 3.63) is 58.2 Å². The smallest absolute Gasteiger partial charge is 0.287 e. The van der Waals surface area contributed by atoms with E-state index in [1.54, 1.807) is 49.4 Å². The Balaban J connectivity index is 1.58. The van der Waals surface area contributed by atoms with E-state index in [2.05, 4.69) is 15.8 Å². The van der Waals surface area contributed by atoms with E-state index in [1.165, 1.54) is 0 Å². The van der Waals surface area contributed by atoms with E-state index in [-0.39, 0.29) is 10.7 Å². The molecule has 1 aromatic heterocycles. The van der Waals surface area contributed by atoms with Crippen LogP contribution >= 0.6 is 23.2 Å². The largest absolute Gasteiger partial charge is 0.494 e. The zero-order valence-electron chi connectivity index (χ0n) is 15.7. The Morgan fingerprint density at radius 2 is 1.76 bits per heavy atom. The van der Waals surface area contributed by atoms with Crippen LogP contribution in [0.2, 0.25) is 10.0 Å². The van der Waals surface area contributed by atoms with Crippen molar-refractivity contribution in [1.82, 2.24) is 15.8 Å². The van der Waals surface area contributed by atoms with Crippen LogP contribution in [0.15, 0.2) is 42.5 Å². The number of aromatic nitrogens is 1. The zero-order valence-corrected chi connectivity index (χ0v) is 17.2. The number of H-pyrrole nitrogens is 1. The molecule has 0 radical (unpaired) electrons. The van der Waals surface area contributed by atoms with E-state index < -0.39 is 17.9 Å². The molecule has 3 aromatic rings. The van der Waals surface area contributed by atoms with Gasteiger partial charge in [0.15, 0.2) is 6.10 Å². The number of aromatic amines is 1. The second-order valence-electron chi connectivity index (χ2n) is 6.11. The Hall–Kier alpha value is -2.90. The van der Waals surface area contributed by atoms with Crippen LogP contribution in [0.3, 0.4) is 0 Å². The van der Waals surface area contributed by atoms with Gasteiger partial charge in [0, 0.05) is 15.9 Å². The van der Waals surface area contributed by atoms with Gasteiger partial charge in [-0.1, -0.05) is 23.2 Å². The summed E-state index contributed by atoms with van der Waals surface area (Å²) in [6.07, 6.45) is -0.842. The first-order valence-electron chi connectivity index (χ1n) is 8.85. The minimum atomic E-state index is -0.842. The van der Waals surface area contributed by atoms with Crippen LogP contribution in [0, 0.1) is 0 Å². The molecule has 3 rings (SSSR count). The number of rotatable bonds is 6. The Bertz CT molecular complexity index is 1030. The molecule has 3 N–H and O–H groups in total. The molecule has 0 saturated carbocycles. The average molecular weight is 436 g/mol. The minimum Gasteiger partial charge on any atom is -0.494 e. The van der Waals surface area contributed by atoms with Gasteiger partial charge in [0.1, 0.15) is 17.2 Å². The van der Waals surface area contributed by atoms with Gasteiger partial charge in [0.05, 0.1) is 11.6 Å². The summed E-state index contributed by atoms with van der Waals surface area (Å²) < 4.78 is 10.9. The number of fused-ring (bicyclic) bond motifs is 1. The third kappa shape index (κ3) is 4.93. The molecule has 0 aliphatic rings. The average Bonchev–Trinajstić information content (AvgIpc) is 3.03. The van der Waals surface area contributed by atoms with Crippen LogP contribution in [0.1, 0.15) is 24.3 Å². The van der Waals surface area contributed by atoms with Crippen molar-refractivity contribution in [2.24, 2.45) is 0 Å². The van der Waals surface area contributed by atoms with Gasteiger partial charge in [0.25, 0.3) is 11.8 Å². The molecule has 152 valence electrons. The van der Waals surface area contributed by atoms with Crippen molar-refractivity contribution < 1.29 is 19.1 Å². The fraction of sp³-hybridized carbons (Fsp3) is 0.200.